The van der Waals surface area contributed by atoms with E-state index in [0.29, 0.717) is 13.2 Å². The number of nitrogens with one attached hydrogen (secondary N) is 2. The lowest BCUT2D eigenvalue weighted by molar-refractivity contribution is 0.134. The molecule has 2 aliphatic heterocycles. The first-order valence-corrected chi connectivity index (χ1v) is 6.72. The fourth-order valence-electron chi connectivity index (χ4n) is 2.59. The van der Waals surface area contributed by atoms with Crippen LogP contribution in [0.1, 0.15) is 18.1 Å². The van der Waals surface area contributed by atoms with Crippen LogP contribution < -0.4 is 10.6 Å². The van der Waals surface area contributed by atoms with Gasteiger partial charge in [-0.3, -0.25) is 0 Å². The van der Waals surface area contributed by atoms with Gasteiger partial charge in [-0.05, 0) is 30.2 Å². The molecule has 1 saturated heterocycles. The summed E-state index contributed by atoms with van der Waals surface area (Å²) in [6.45, 7) is 5.84. The maximum Gasteiger partial charge on any atom is 0.322 e. The summed E-state index contributed by atoms with van der Waals surface area (Å²) in [4.78, 5) is 14.1. The number of hydrogen-bond acceptors (Lipinski definition) is 3. The van der Waals surface area contributed by atoms with Crippen LogP contribution in [-0.2, 0) is 18.0 Å². The number of amides is 2. The van der Waals surface area contributed by atoms with Crippen molar-refractivity contribution in [2.75, 3.05) is 25.0 Å². The van der Waals surface area contributed by atoms with E-state index in [2.05, 4.69) is 17.6 Å². The highest BCUT2D eigenvalue weighted by molar-refractivity contribution is 5.89. The van der Waals surface area contributed by atoms with Crippen LogP contribution in [0.25, 0.3) is 0 Å². The molecule has 110 valence electrons. The Balaban J connectivity index is 0.00000147. The van der Waals surface area contributed by atoms with Gasteiger partial charge >= 0.3 is 6.03 Å². The molecule has 6 heteroatoms. The third kappa shape index (κ3) is 3.06. The number of urea groups is 1. The molecule has 3 rings (SSSR count). The summed E-state index contributed by atoms with van der Waals surface area (Å²) >= 11 is 0. The second-order valence-corrected chi connectivity index (χ2v) is 5.15. The highest BCUT2D eigenvalue weighted by Gasteiger charge is 2.23. The maximum absolute atomic E-state index is 12.2. The van der Waals surface area contributed by atoms with Crippen LogP contribution in [0.5, 0.6) is 0 Å². The Morgan fingerprint density at radius 3 is 3.00 bits per heavy atom. The van der Waals surface area contributed by atoms with E-state index < -0.39 is 0 Å². The molecule has 0 aliphatic carbocycles. The third-order valence-electron chi connectivity index (χ3n) is 3.73. The number of carbonyl (C=O) groups excluding carboxylic acids is 1. The number of fused-ring (bicyclic) bond motifs is 1. The van der Waals surface area contributed by atoms with E-state index in [1.807, 2.05) is 23.1 Å². The molecule has 0 bridgehead atoms. The van der Waals surface area contributed by atoms with E-state index in [4.69, 9.17) is 4.74 Å². The first kappa shape index (κ1) is 15.1. The second-order valence-electron chi connectivity index (χ2n) is 5.15. The standard InChI is InChI=1S/C14H19N3O2.ClH/c1-10-7-15-4-5-17(10)14(18)16-13-3-2-11-8-19-9-12(11)6-13;/h2-3,6,10,15H,4-5,7-9H2,1H3,(H,16,18);1H/t10-;/m1./s1. The van der Waals surface area contributed by atoms with Crippen molar-refractivity contribution in [2.24, 2.45) is 0 Å². The molecule has 0 aromatic heterocycles. The molecule has 5 nitrogen and oxygen atoms in total. The molecule has 20 heavy (non-hydrogen) atoms. The van der Waals surface area contributed by atoms with Crippen LogP contribution in [0.4, 0.5) is 10.5 Å². The molecule has 1 atom stereocenters. The summed E-state index contributed by atoms with van der Waals surface area (Å²) < 4.78 is 5.38. The Hall–Kier alpha value is -1.30. The molecule has 2 heterocycles. The van der Waals surface area contributed by atoms with Crippen LogP contribution in [0.2, 0.25) is 0 Å². The monoisotopic (exact) mass is 297 g/mol. The number of nitrogens with zero attached hydrogens (tertiary/aromatic N) is 1. The lowest BCUT2D eigenvalue weighted by Gasteiger charge is -2.33. The van der Waals surface area contributed by atoms with Gasteiger partial charge in [0.25, 0.3) is 0 Å². The Morgan fingerprint density at radius 1 is 1.40 bits per heavy atom. The van der Waals surface area contributed by atoms with Crippen molar-refractivity contribution in [3.63, 3.8) is 0 Å². The number of hydrogen-bond donors (Lipinski definition) is 2. The van der Waals surface area contributed by atoms with Crippen molar-refractivity contribution < 1.29 is 9.53 Å². The van der Waals surface area contributed by atoms with Crippen molar-refractivity contribution in [1.82, 2.24) is 10.2 Å². The first-order valence-electron chi connectivity index (χ1n) is 6.72. The van der Waals surface area contributed by atoms with Gasteiger partial charge in [-0.2, -0.15) is 0 Å². The Bertz CT molecular complexity index is 495. The fraction of sp³-hybridized carbons (Fsp3) is 0.500. The van der Waals surface area contributed by atoms with Gasteiger partial charge in [-0.15, -0.1) is 12.4 Å². The maximum atomic E-state index is 12.2. The molecule has 0 radical (unpaired) electrons. The Labute approximate surface area is 125 Å². The molecule has 2 N–H and O–H groups in total. The zero-order valence-electron chi connectivity index (χ0n) is 11.5. The normalized spacial score (nSPS) is 21.1. The van der Waals surface area contributed by atoms with Gasteiger partial charge in [-0.25, -0.2) is 4.79 Å². The molecule has 0 saturated carbocycles. The quantitative estimate of drug-likeness (QED) is 0.833. The molecular weight excluding hydrogens is 278 g/mol. The lowest BCUT2D eigenvalue weighted by Crippen LogP contribution is -2.53. The average molecular weight is 298 g/mol. The molecule has 1 fully saturated rings. The van der Waals surface area contributed by atoms with Crippen LogP contribution in [0.15, 0.2) is 18.2 Å². The minimum atomic E-state index is -0.0205. The summed E-state index contributed by atoms with van der Waals surface area (Å²) in [6.07, 6.45) is 0. The molecule has 2 amide bonds. The number of benzene rings is 1. The van der Waals surface area contributed by atoms with E-state index >= 15 is 0 Å². The molecular formula is C14H20ClN3O2. The van der Waals surface area contributed by atoms with E-state index in [1.54, 1.807) is 0 Å². The van der Waals surface area contributed by atoms with Crippen LogP contribution in [0, 0.1) is 0 Å². The minimum absolute atomic E-state index is 0. The van der Waals surface area contributed by atoms with Gasteiger partial charge in [0.2, 0.25) is 0 Å². The van der Waals surface area contributed by atoms with Crippen molar-refractivity contribution >= 4 is 24.1 Å². The van der Waals surface area contributed by atoms with Crippen LogP contribution in [-0.4, -0.2) is 36.6 Å². The van der Waals surface area contributed by atoms with E-state index in [9.17, 15) is 4.79 Å². The second kappa shape index (κ2) is 6.43. The number of halogens is 1. The van der Waals surface area contributed by atoms with Gasteiger partial charge < -0.3 is 20.3 Å². The molecule has 1 aromatic rings. The highest BCUT2D eigenvalue weighted by Crippen LogP contribution is 2.23. The lowest BCUT2D eigenvalue weighted by atomic mass is 10.1. The van der Waals surface area contributed by atoms with Crippen molar-refractivity contribution in [3.8, 4) is 0 Å². The molecule has 0 spiro atoms. The number of rotatable bonds is 1. The predicted molar refractivity (Wildman–Crippen MR) is 80.2 cm³/mol. The fourth-order valence-corrected chi connectivity index (χ4v) is 2.59. The van der Waals surface area contributed by atoms with Crippen LogP contribution in [0.3, 0.4) is 0 Å². The third-order valence-corrected chi connectivity index (χ3v) is 3.73. The van der Waals surface area contributed by atoms with Gasteiger partial charge in [0, 0.05) is 31.4 Å². The number of ether oxygens (including phenoxy) is 1. The van der Waals surface area contributed by atoms with Crippen LogP contribution >= 0.6 is 12.4 Å². The summed E-state index contributed by atoms with van der Waals surface area (Å²) in [7, 11) is 0. The smallest absolute Gasteiger partial charge is 0.322 e. The molecule has 2 aliphatic rings. The average Bonchev–Trinajstić information content (AvgIpc) is 2.86. The van der Waals surface area contributed by atoms with Gasteiger partial charge in [0.1, 0.15) is 0 Å². The number of anilines is 1. The summed E-state index contributed by atoms with van der Waals surface area (Å²) in [6, 6.07) is 6.18. The summed E-state index contributed by atoms with van der Waals surface area (Å²) in [5, 5.41) is 6.25. The Kier molecular flexibility index (Phi) is 4.86. The molecule has 1 aromatic carbocycles. The van der Waals surface area contributed by atoms with Crippen molar-refractivity contribution in [1.29, 1.82) is 0 Å². The number of carbonyl (C=O) groups is 1. The predicted octanol–water partition coefficient (Wildman–Crippen LogP) is 1.96. The van der Waals surface area contributed by atoms with E-state index in [0.717, 1.165) is 25.3 Å². The van der Waals surface area contributed by atoms with Gasteiger partial charge in [0.15, 0.2) is 0 Å². The largest absolute Gasteiger partial charge is 0.372 e. The molecule has 0 unspecified atom stereocenters. The van der Waals surface area contributed by atoms with Gasteiger partial charge in [0.05, 0.1) is 13.2 Å². The SMILES string of the molecule is C[C@@H]1CNCCN1C(=O)Nc1ccc2c(c1)COC2.Cl. The Morgan fingerprint density at radius 2 is 2.20 bits per heavy atom. The topological polar surface area (TPSA) is 53.6 Å². The zero-order chi connectivity index (χ0) is 13.2. The summed E-state index contributed by atoms with van der Waals surface area (Å²) in [5.74, 6) is 0. The summed E-state index contributed by atoms with van der Waals surface area (Å²) in [5.41, 5.74) is 3.24. The van der Waals surface area contributed by atoms with E-state index in [1.165, 1.54) is 11.1 Å². The van der Waals surface area contributed by atoms with Crippen molar-refractivity contribution in [3.05, 3.63) is 29.3 Å². The highest BCUT2D eigenvalue weighted by atomic mass is 35.5. The van der Waals surface area contributed by atoms with Gasteiger partial charge in [-0.1, -0.05) is 6.07 Å². The zero-order valence-corrected chi connectivity index (χ0v) is 12.3. The van der Waals surface area contributed by atoms with Crippen molar-refractivity contribution in [2.45, 2.75) is 26.2 Å². The first-order chi connectivity index (χ1) is 9.24. The number of piperazine rings is 1. The minimum Gasteiger partial charge on any atom is -0.372 e. The van der Waals surface area contributed by atoms with E-state index in [-0.39, 0.29) is 24.5 Å².